The molecule has 2 heterocycles. The number of para-hydroxylation sites is 1. The lowest BCUT2D eigenvalue weighted by atomic mass is 10.0. The van der Waals surface area contributed by atoms with Crippen molar-refractivity contribution in [1.29, 1.82) is 0 Å². The Balaban J connectivity index is 1.83. The highest BCUT2D eigenvalue weighted by atomic mass is 16.5. The highest BCUT2D eigenvalue weighted by molar-refractivity contribution is 6.05. The molecule has 2 aromatic carbocycles. The molecule has 4 rings (SSSR count). The minimum absolute atomic E-state index is 0.0438. The summed E-state index contributed by atoms with van der Waals surface area (Å²) in [7, 11) is 4.89. The van der Waals surface area contributed by atoms with E-state index in [1.807, 2.05) is 18.2 Å². The zero-order chi connectivity index (χ0) is 18.1. The van der Waals surface area contributed by atoms with Crippen LogP contribution in [0.3, 0.4) is 0 Å². The molecule has 2 aromatic rings. The Labute approximate surface area is 153 Å². The average molecular weight is 353 g/mol. The fourth-order valence-corrected chi connectivity index (χ4v) is 3.67. The molecule has 0 saturated carbocycles. The molecule has 0 spiro atoms. The molecule has 6 nitrogen and oxygen atoms in total. The Morgan fingerprint density at radius 1 is 1.04 bits per heavy atom. The maximum atomic E-state index is 5.53. The van der Waals surface area contributed by atoms with Crippen LogP contribution in [0.25, 0.3) is 0 Å². The molecule has 0 aromatic heterocycles. The molecule has 0 saturated heterocycles. The first kappa shape index (κ1) is 16.6. The molecule has 1 N–H and O–H groups in total. The number of amidine groups is 1. The molecule has 2 aliphatic heterocycles. The molecule has 0 bridgehead atoms. The molecule has 6 heteroatoms. The van der Waals surface area contributed by atoms with Gasteiger partial charge < -0.3 is 24.4 Å². The van der Waals surface area contributed by atoms with Crippen LogP contribution in [-0.4, -0.2) is 45.2 Å². The number of nitrogens with zero attached hydrogens (tertiary/aromatic N) is 2. The normalized spacial score (nSPS) is 18.2. The number of hydrogen-bond donors (Lipinski definition) is 1. The Morgan fingerprint density at radius 2 is 1.77 bits per heavy atom. The fourth-order valence-electron chi connectivity index (χ4n) is 3.67. The first-order chi connectivity index (χ1) is 12.8. The molecule has 0 amide bonds. The van der Waals surface area contributed by atoms with Gasteiger partial charge in [0.2, 0.25) is 5.75 Å². The van der Waals surface area contributed by atoms with Crippen molar-refractivity contribution in [2.24, 2.45) is 4.99 Å². The van der Waals surface area contributed by atoms with E-state index in [-0.39, 0.29) is 6.17 Å². The van der Waals surface area contributed by atoms with Crippen LogP contribution in [0.15, 0.2) is 41.4 Å². The van der Waals surface area contributed by atoms with Gasteiger partial charge in [0.15, 0.2) is 11.5 Å². The van der Waals surface area contributed by atoms with Crippen LogP contribution in [0.5, 0.6) is 17.2 Å². The number of anilines is 1. The predicted octanol–water partition coefficient (Wildman–Crippen LogP) is 3.29. The molecule has 0 aliphatic carbocycles. The summed E-state index contributed by atoms with van der Waals surface area (Å²) in [6, 6.07) is 12.3. The molecule has 26 heavy (non-hydrogen) atoms. The van der Waals surface area contributed by atoms with Gasteiger partial charge in [-0.3, -0.25) is 4.99 Å². The highest BCUT2D eigenvalue weighted by Crippen LogP contribution is 2.42. The van der Waals surface area contributed by atoms with E-state index in [0.717, 1.165) is 42.2 Å². The zero-order valence-electron chi connectivity index (χ0n) is 15.3. The fraction of sp³-hybridized carbons (Fsp3) is 0.350. The zero-order valence-corrected chi connectivity index (χ0v) is 15.3. The minimum atomic E-state index is -0.0438. The van der Waals surface area contributed by atoms with Gasteiger partial charge in [-0.25, -0.2) is 0 Å². The topological polar surface area (TPSA) is 55.3 Å². The third-order valence-corrected chi connectivity index (χ3v) is 4.87. The second-order valence-corrected chi connectivity index (χ2v) is 6.30. The third-order valence-electron chi connectivity index (χ3n) is 4.87. The van der Waals surface area contributed by atoms with Crippen LogP contribution in [0, 0.1) is 0 Å². The van der Waals surface area contributed by atoms with Crippen molar-refractivity contribution in [1.82, 2.24) is 4.90 Å². The summed E-state index contributed by atoms with van der Waals surface area (Å²) in [6.07, 6.45) is 0.992. The number of benzene rings is 2. The lowest BCUT2D eigenvalue weighted by Gasteiger charge is -2.42. The van der Waals surface area contributed by atoms with Gasteiger partial charge in [-0.05, 0) is 30.7 Å². The lowest BCUT2D eigenvalue weighted by Crippen LogP contribution is -2.46. The molecular formula is C20H23N3O3. The van der Waals surface area contributed by atoms with E-state index in [1.165, 1.54) is 0 Å². The van der Waals surface area contributed by atoms with E-state index in [2.05, 4.69) is 28.4 Å². The van der Waals surface area contributed by atoms with Gasteiger partial charge >= 0.3 is 0 Å². The summed E-state index contributed by atoms with van der Waals surface area (Å²) in [5.41, 5.74) is 3.28. The van der Waals surface area contributed by atoms with Gasteiger partial charge in [0.1, 0.15) is 12.0 Å². The molecule has 0 radical (unpaired) electrons. The van der Waals surface area contributed by atoms with Gasteiger partial charge in [0.25, 0.3) is 0 Å². The van der Waals surface area contributed by atoms with Crippen LogP contribution >= 0.6 is 0 Å². The number of rotatable bonds is 4. The van der Waals surface area contributed by atoms with Crippen LogP contribution in [0.4, 0.5) is 5.69 Å². The predicted molar refractivity (Wildman–Crippen MR) is 102 cm³/mol. The van der Waals surface area contributed by atoms with Gasteiger partial charge in [-0.2, -0.15) is 0 Å². The molecule has 0 fully saturated rings. The highest BCUT2D eigenvalue weighted by Gasteiger charge is 2.33. The van der Waals surface area contributed by atoms with Crippen LogP contribution in [0.2, 0.25) is 0 Å². The van der Waals surface area contributed by atoms with E-state index >= 15 is 0 Å². The summed E-state index contributed by atoms with van der Waals surface area (Å²) in [5.74, 6) is 2.95. The van der Waals surface area contributed by atoms with Crippen LogP contribution < -0.4 is 19.5 Å². The maximum Gasteiger partial charge on any atom is 0.203 e. The first-order valence-corrected chi connectivity index (χ1v) is 8.73. The molecule has 2 aliphatic rings. The van der Waals surface area contributed by atoms with Crippen molar-refractivity contribution < 1.29 is 14.2 Å². The quantitative estimate of drug-likeness (QED) is 0.914. The second kappa shape index (κ2) is 6.78. The van der Waals surface area contributed by atoms with E-state index in [1.54, 1.807) is 21.3 Å². The summed E-state index contributed by atoms with van der Waals surface area (Å²) in [5, 5.41) is 3.65. The van der Waals surface area contributed by atoms with E-state index in [0.29, 0.717) is 17.2 Å². The van der Waals surface area contributed by atoms with Crippen molar-refractivity contribution in [3.63, 3.8) is 0 Å². The number of ether oxygens (including phenoxy) is 3. The summed E-state index contributed by atoms with van der Waals surface area (Å²) in [4.78, 5) is 7.11. The molecular weight excluding hydrogens is 330 g/mol. The van der Waals surface area contributed by atoms with Crippen molar-refractivity contribution in [2.75, 3.05) is 39.7 Å². The van der Waals surface area contributed by atoms with Crippen molar-refractivity contribution >= 4 is 11.5 Å². The van der Waals surface area contributed by atoms with Crippen LogP contribution in [0.1, 0.15) is 23.7 Å². The van der Waals surface area contributed by atoms with Gasteiger partial charge in [0, 0.05) is 29.9 Å². The monoisotopic (exact) mass is 353 g/mol. The first-order valence-electron chi connectivity index (χ1n) is 8.73. The number of nitrogens with one attached hydrogen (secondary N) is 1. The molecule has 136 valence electrons. The van der Waals surface area contributed by atoms with E-state index in [4.69, 9.17) is 19.2 Å². The summed E-state index contributed by atoms with van der Waals surface area (Å²) >= 11 is 0. The minimum Gasteiger partial charge on any atom is -0.493 e. The van der Waals surface area contributed by atoms with Gasteiger partial charge in [0.05, 0.1) is 21.3 Å². The van der Waals surface area contributed by atoms with E-state index in [9.17, 15) is 0 Å². The average Bonchev–Trinajstić information content (AvgIpc) is 2.72. The van der Waals surface area contributed by atoms with Crippen LogP contribution in [-0.2, 0) is 0 Å². The van der Waals surface area contributed by atoms with Gasteiger partial charge in [-0.15, -0.1) is 0 Å². The van der Waals surface area contributed by atoms with Gasteiger partial charge in [-0.1, -0.05) is 12.1 Å². The Kier molecular flexibility index (Phi) is 4.32. The summed E-state index contributed by atoms with van der Waals surface area (Å²) in [6.45, 7) is 1.81. The standard InChI is InChI=1S/C20H23N3O3/c1-24-16-11-13(12-17(25-2)18(16)26-3)19-22-15-8-5-4-7-14(15)20-21-9-6-10-23(19)20/h4-5,7-8,11-12,19,22H,6,9-10H2,1-3H3. The van der Waals surface area contributed by atoms with Crippen molar-refractivity contribution in [2.45, 2.75) is 12.6 Å². The SMILES string of the molecule is COc1cc(C2Nc3ccccc3C3=NCCCN32)cc(OC)c1OC. The number of hydrogen-bond acceptors (Lipinski definition) is 6. The Hall–Kier alpha value is -2.89. The number of aliphatic imine (C=N–C) groups is 1. The Bertz CT molecular complexity index is 825. The van der Waals surface area contributed by atoms with E-state index < -0.39 is 0 Å². The Morgan fingerprint density at radius 3 is 2.46 bits per heavy atom. The third kappa shape index (κ3) is 2.62. The maximum absolute atomic E-state index is 5.53. The molecule has 1 unspecified atom stereocenters. The number of fused-ring (bicyclic) bond motifs is 3. The smallest absolute Gasteiger partial charge is 0.203 e. The van der Waals surface area contributed by atoms with Crippen molar-refractivity contribution in [3.8, 4) is 17.2 Å². The second-order valence-electron chi connectivity index (χ2n) is 6.30. The lowest BCUT2D eigenvalue weighted by molar-refractivity contribution is 0.309. The van der Waals surface area contributed by atoms with Crippen molar-refractivity contribution in [3.05, 3.63) is 47.5 Å². The number of methoxy groups -OCH3 is 3. The summed E-state index contributed by atoms with van der Waals surface area (Å²) < 4.78 is 16.5. The largest absolute Gasteiger partial charge is 0.493 e. The molecule has 1 atom stereocenters.